The molecule has 0 saturated carbocycles. The molecule has 0 N–H and O–H groups in total. The monoisotopic (exact) mass is 344 g/mol. The molecule has 6 nitrogen and oxygen atoms in total. The first-order chi connectivity index (χ1) is 12.3. The van der Waals surface area contributed by atoms with Gasteiger partial charge in [-0.05, 0) is 36.5 Å². The molecule has 25 heavy (non-hydrogen) atoms. The van der Waals surface area contributed by atoms with E-state index in [1.165, 1.54) is 12.4 Å². The molecule has 2 fully saturated rings. The van der Waals surface area contributed by atoms with Gasteiger partial charge in [-0.2, -0.15) is 0 Å². The molecule has 0 unspecified atom stereocenters. The van der Waals surface area contributed by atoms with Crippen LogP contribution in [0.5, 0.6) is 0 Å². The van der Waals surface area contributed by atoms with E-state index in [0.717, 1.165) is 38.1 Å². The van der Waals surface area contributed by atoms with Crippen LogP contribution in [0.1, 0.15) is 18.4 Å². The van der Waals surface area contributed by atoms with E-state index in [2.05, 4.69) is 15.0 Å². The van der Waals surface area contributed by atoms with Crippen LogP contribution in [0.25, 0.3) is 0 Å². The maximum atomic E-state index is 12.9. The van der Waals surface area contributed by atoms with Gasteiger partial charge in [-0.25, -0.2) is 14.4 Å². The third-order valence-electron chi connectivity index (χ3n) is 5.04. The lowest BCUT2D eigenvalue weighted by atomic mass is 9.79. The van der Waals surface area contributed by atoms with Crippen molar-refractivity contribution in [3.63, 3.8) is 0 Å². The third kappa shape index (κ3) is 3.48. The van der Waals surface area contributed by atoms with Crippen LogP contribution in [0, 0.1) is 11.7 Å². The Kier molecular flexibility index (Phi) is 4.59. The van der Waals surface area contributed by atoms with Gasteiger partial charge in [0.1, 0.15) is 5.60 Å². The van der Waals surface area contributed by atoms with Gasteiger partial charge in [0.25, 0.3) is 0 Å². The number of rotatable bonds is 6. The predicted molar refractivity (Wildman–Crippen MR) is 89.5 cm³/mol. The lowest BCUT2D eigenvalue weighted by Gasteiger charge is -2.50. The van der Waals surface area contributed by atoms with E-state index >= 15 is 0 Å². The summed E-state index contributed by atoms with van der Waals surface area (Å²) in [5.41, 5.74) is 1.01. The maximum Gasteiger partial charge on any atom is 0.225 e. The van der Waals surface area contributed by atoms with Crippen molar-refractivity contribution >= 4 is 5.95 Å². The van der Waals surface area contributed by atoms with Crippen LogP contribution in [0.2, 0.25) is 0 Å². The molecule has 7 heteroatoms. The standard InChI is InChI=1S/C18H21FN4O2/c19-16-9-21-17(22-10-16)23-12-18(13-23)15(4-8-25-18)3-7-24-11-14-1-5-20-6-2-14/h1-2,5-6,9-10,15H,3-4,7-8,11-13H2/t15-/m1/s1. The Hall–Kier alpha value is -2.12. The Labute approximate surface area is 146 Å². The van der Waals surface area contributed by atoms with E-state index in [9.17, 15) is 4.39 Å². The second-order valence-electron chi connectivity index (χ2n) is 6.65. The van der Waals surface area contributed by atoms with Crippen molar-refractivity contribution in [2.45, 2.75) is 25.0 Å². The molecule has 0 bridgehead atoms. The summed E-state index contributed by atoms with van der Waals surface area (Å²) >= 11 is 0. The minimum absolute atomic E-state index is 0.127. The summed E-state index contributed by atoms with van der Waals surface area (Å²) in [6.45, 7) is 3.62. The van der Waals surface area contributed by atoms with Crippen molar-refractivity contribution in [2.75, 3.05) is 31.2 Å². The molecule has 0 amide bonds. The zero-order chi connectivity index (χ0) is 17.1. The largest absolute Gasteiger partial charge is 0.377 e. The van der Waals surface area contributed by atoms with E-state index in [1.54, 1.807) is 12.4 Å². The summed E-state index contributed by atoms with van der Waals surface area (Å²) in [6, 6.07) is 3.93. The average Bonchev–Trinajstić information content (AvgIpc) is 3.03. The number of nitrogens with zero attached hydrogens (tertiary/aromatic N) is 4. The van der Waals surface area contributed by atoms with Gasteiger partial charge in [0.15, 0.2) is 5.82 Å². The normalized spacial score (nSPS) is 21.5. The molecular weight excluding hydrogens is 323 g/mol. The molecule has 2 aliphatic rings. The quantitative estimate of drug-likeness (QED) is 0.749. The van der Waals surface area contributed by atoms with Gasteiger partial charge < -0.3 is 14.4 Å². The molecule has 4 heterocycles. The molecule has 132 valence electrons. The van der Waals surface area contributed by atoms with Crippen LogP contribution < -0.4 is 4.90 Å². The molecule has 2 aromatic rings. The Morgan fingerprint density at radius 3 is 2.76 bits per heavy atom. The van der Waals surface area contributed by atoms with E-state index < -0.39 is 5.82 Å². The van der Waals surface area contributed by atoms with Crippen molar-refractivity contribution < 1.29 is 13.9 Å². The van der Waals surface area contributed by atoms with E-state index in [4.69, 9.17) is 9.47 Å². The lowest BCUT2D eigenvalue weighted by molar-refractivity contribution is -0.0515. The Balaban J connectivity index is 1.26. The number of anilines is 1. The number of pyridine rings is 1. The smallest absolute Gasteiger partial charge is 0.225 e. The first-order valence-electron chi connectivity index (χ1n) is 8.58. The average molecular weight is 344 g/mol. The van der Waals surface area contributed by atoms with Crippen molar-refractivity contribution in [1.29, 1.82) is 0 Å². The molecule has 2 aromatic heterocycles. The minimum Gasteiger partial charge on any atom is -0.377 e. The van der Waals surface area contributed by atoms with E-state index in [1.807, 2.05) is 17.0 Å². The molecule has 2 saturated heterocycles. The first-order valence-corrected chi connectivity index (χ1v) is 8.58. The molecule has 1 spiro atoms. The van der Waals surface area contributed by atoms with Crippen LogP contribution in [0.3, 0.4) is 0 Å². The second-order valence-corrected chi connectivity index (χ2v) is 6.65. The summed E-state index contributed by atoms with van der Waals surface area (Å²) in [5, 5.41) is 0. The summed E-state index contributed by atoms with van der Waals surface area (Å²) in [7, 11) is 0. The number of hydrogen-bond donors (Lipinski definition) is 0. The Morgan fingerprint density at radius 1 is 1.24 bits per heavy atom. The second kappa shape index (κ2) is 7.01. The highest BCUT2D eigenvalue weighted by atomic mass is 19.1. The third-order valence-corrected chi connectivity index (χ3v) is 5.04. The fourth-order valence-electron chi connectivity index (χ4n) is 3.65. The minimum atomic E-state index is -0.416. The van der Waals surface area contributed by atoms with Crippen LogP contribution in [-0.2, 0) is 16.1 Å². The van der Waals surface area contributed by atoms with Crippen LogP contribution in [0.4, 0.5) is 10.3 Å². The van der Waals surface area contributed by atoms with Crippen molar-refractivity contribution in [3.05, 3.63) is 48.3 Å². The summed E-state index contributed by atoms with van der Waals surface area (Å²) in [4.78, 5) is 14.1. The Bertz CT molecular complexity index is 692. The van der Waals surface area contributed by atoms with Gasteiger partial charge in [0.2, 0.25) is 5.95 Å². The highest BCUT2D eigenvalue weighted by molar-refractivity contribution is 5.37. The molecule has 2 aliphatic heterocycles. The van der Waals surface area contributed by atoms with Crippen LogP contribution in [-0.4, -0.2) is 46.9 Å². The predicted octanol–water partition coefficient (Wildman–Crippen LogP) is 2.21. The number of aromatic nitrogens is 3. The van der Waals surface area contributed by atoms with Gasteiger partial charge in [-0.1, -0.05) is 0 Å². The van der Waals surface area contributed by atoms with Gasteiger partial charge in [-0.3, -0.25) is 4.98 Å². The van der Waals surface area contributed by atoms with Crippen molar-refractivity contribution in [2.24, 2.45) is 5.92 Å². The fraction of sp³-hybridized carbons (Fsp3) is 0.500. The zero-order valence-corrected chi connectivity index (χ0v) is 14.0. The molecule has 0 aromatic carbocycles. The molecule has 1 atom stereocenters. The molecule has 4 rings (SSSR count). The summed E-state index contributed by atoms with van der Waals surface area (Å²) in [6.07, 6.45) is 7.98. The highest BCUT2D eigenvalue weighted by Gasteiger charge is 2.53. The SMILES string of the molecule is Fc1cnc(N2CC3(C2)OCC[C@H]3CCOCc2ccncc2)nc1. The fourth-order valence-corrected chi connectivity index (χ4v) is 3.65. The van der Waals surface area contributed by atoms with Crippen LogP contribution >= 0.6 is 0 Å². The van der Waals surface area contributed by atoms with Gasteiger partial charge in [-0.15, -0.1) is 0 Å². The van der Waals surface area contributed by atoms with E-state index in [-0.39, 0.29) is 5.60 Å². The van der Waals surface area contributed by atoms with Gasteiger partial charge in [0, 0.05) is 25.6 Å². The summed E-state index contributed by atoms with van der Waals surface area (Å²) < 4.78 is 24.8. The van der Waals surface area contributed by atoms with Crippen molar-refractivity contribution in [1.82, 2.24) is 15.0 Å². The van der Waals surface area contributed by atoms with Crippen molar-refractivity contribution in [3.8, 4) is 0 Å². The highest BCUT2D eigenvalue weighted by Crippen LogP contribution is 2.42. The van der Waals surface area contributed by atoms with Gasteiger partial charge >= 0.3 is 0 Å². The van der Waals surface area contributed by atoms with Crippen LogP contribution in [0.15, 0.2) is 36.9 Å². The van der Waals surface area contributed by atoms with Gasteiger partial charge in [0.05, 0.1) is 32.1 Å². The topological polar surface area (TPSA) is 60.4 Å². The maximum absolute atomic E-state index is 12.9. The Morgan fingerprint density at radius 2 is 2.00 bits per heavy atom. The molecule has 0 aliphatic carbocycles. The molecule has 0 radical (unpaired) electrons. The number of halogens is 1. The first kappa shape index (κ1) is 16.4. The summed E-state index contributed by atoms with van der Waals surface area (Å²) in [5.74, 6) is 0.622. The zero-order valence-electron chi connectivity index (χ0n) is 14.0. The number of hydrogen-bond acceptors (Lipinski definition) is 6. The number of ether oxygens (including phenoxy) is 2. The van der Waals surface area contributed by atoms with E-state index in [0.29, 0.717) is 25.1 Å². The molecular formula is C18H21FN4O2. The lowest BCUT2D eigenvalue weighted by Crippen LogP contribution is -2.65.